The topological polar surface area (TPSA) is 82.4 Å². The SMILES string of the molecule is CCOC(OCC)[C@@](O)(CO)[C@@H](O)c1ccc(N(CC)CC)cc1. The summed E-state index contributed by atoms with van der Waals surface area (Å²) in [6.07, 6.45) is -2.45. The maximum atomic E-state index is 10.8. The van der Waals surface area contributed by atoms with Crippen molar-refractivity contribution in [3.05, 3.63) is 29.8 Å². The van der Waals surface area contributed by atoms with Crippen molar-refractivity contribution in [1.29, 1.82) is 0 Å². The number of rotatable bonds is 11. The van der Waals surface area contributed by atoms with E-state index in [1.54, 1.807) is 26.0 Å². The van der Waals surface area contributed by atoms with Gasteiger partial charge in [0.25, 0.3) is 0 Å². The second-order valence-electron chi connectivity index (χ2n) is 5.56. The van der Waals surface area contributed by atoms with Crippen LogP contribution in [0.25, 0.3) is 0 Å². The van der Waals surface area contributed by atoms with Gasteiger partial charge in [0.1, 0.15) is 6.10 Å². The van der Waals surface area contributed by atoms with Crippen molar-refractivity contribution in [2.75, 3.05) is 37.8 Å². The van der Waals surface area contributed by atoms with Crippen LogP contribution in [0.4, 0.5) is 5.69 Å². The van der Waals surface area contributed by atoms with Crippen molar-refractivity contribution in [3.63, 3.8) is 0 Å². The van der Waals surface area contributed by atoms with Gasteiger partial charge in [-0.15, -0.1) is 0 Å². The molecule has 138 valence electrons. The molecule has 2 atom stereocenters. The van der Waals surface area contributed by atoms with Gasteiger partial charge in [0.15, 0.2) is 11.9 Å². The van der Waals surface area contributed by atoms with Crippen LogP contribution >= 0.6 is 0 Å². The molecule has 0 radical (unpaired) electrons. The van der Waals surface area contributed by atoms with Crippen LogP contribution in [-0.2, 0) is 9.47 Å². The second-order valence-corrected chi connectivity index (χ2v) is 5.56. The van der Waals surface area contributed by atoms with Crippen molar-refractivity contribution in [2.24, 2.45) is 0 Å². The van der Waals surface area contributed by atoms with Gasteiger partial charge in [0.2, 0.25) is 0 Å². The van der Waals surface area contributed by atoms with E-state index < -0.39 is 24.6 Å². The van der Waals surface area contributed by atoms with E-state index in [0.717, 1.165) is 18.8 Å². The van der Waals surface area contributed by atoms with E-state index in [9.17, 15) is 15.3 Å². The summed E-state index contributed by atoms with van der Waals surface area (Å²) in [4.78, 5) is 2.18. The van der Waals surface area contributed by atoms with Crippen LogP contribution in [0.15, 0.2) is 24.3 Å². The van der Waals surface area contributed by atoms with E-state index in [0.29, 0.717) is 18.8 Å². The monoisotopic (exact) mass is 341 g/mol. The average Bonchev–Trinajstić information content (AvgIpc) is 2.62. The average molecular weight is 341 g/mol. The van der Waals surface area contributed by atoms with E-state index in [1.165, 1.54) is 0 Å². The van der Waals surface area contributed by atoms with Crippen molar-refractivity contribution in [1.82, 2.24) is 0 Å². The van der Waals surface area contributed by atoms with Crippen molar-refractivity contribution < 1.29 is 24.8 Å². The van der Waals surface area contributed by atoms with E-state index in [1.807, 2.05) is 12.1 Å². The fourth-order valence-electron chi connectivity index (χ4n) is 2.67. The predicted molar refractivity (Wildman–Crippen MR) is 94.0 cm³/mol. The highest BCUT2D eigenvalue weighted by molar-refractivity contribution is 5.48. The zero-order valence-corrected chi connectivity index (χ0v) is 15.1. The standard InChI is InChI=1S/C18H31NO5/c1-5-19(6-2)15-11-9-14(10-12-15)16(21)18(22,13-20)17(23-7-3)24-8-4/h9-12,16-17,20-22H,5-8,13H2,1-4H3/t16-,18+/m0/s1. The van der Waals surface area contributed by atoms with Crippen LogP contribution in [-0.4, -0.2) is 60.1 Å². The first kappa shape index (κ1) is 20.9. The molecule has 0 aliphatic rings. The molecule has 0 heterocycles. The lowest BCUT2D eigenvalue weighted by Crippen LogP contribution is -2.53. The Labute approximate surface area is 144 Å². The third kappa shape index (κ3) is 4.68. The Morgan fingerprint density at radius 2 is 1.50 bits per heavy atom. The molecule has 0 amide bonds. The molecule has 6 nitrogen and oxygen atoms in total. The normalized spacial score (nSPS) is 15.3. The molecule has 1 aromatic rings. The Balaban J connectivity index is 3.04. The molecule has 1 rings (SSSR count). The lowest BCUT2D eigenvalue weighted by Gasteiger charge is -2.37. The molecule has 0 spiro atoms. The smallest absolute Gasteiger partial charge is 0.191 e. The summed E-state index contributed by atoms with van der Waals surface area (Å²) in [5, 5.41) is 31.1. The molecule has 1 aromatic carbocycles. The molecule has 0 aliphatic carbocycles. The lowest BCUT2D eigenvalue weighted by atomic mass is 9.90. The summed E-state index contributed by atoms with van der Waals surface area (Å²) < 4.78 is 10.8. The van der Waals surface area contributed by atoms with E-state index in [2.05, 4.69) is 18.7 Å². The largest absolute Gasteiger partial charge is 0.393 e. The van der Waals surface area contributed by atoms with Gasteiger partial charge in [-0.1, -0.05) is 12.1 Å². The number of anilines is 1. The second kappa shape index (κ2) is 9.96. The van der Waals surface area contributed by atoms with Gasteiger partial charge in [-0.25, -0.2) is 0 Å². The highest BCUT2D eigenvalue weighted by Gasteiger charge is 2.45. The highest BCUT2D eigenvalue weighted by Crippen LogP contribution is 2.32. The summed E-state index contributed by atoms with van der Waals surface area (Å²) in [5.41, 5.74) is -0.413. The molecule has 0 unspecified atom stereocenters. The van der Waals surface area contributed by atoms with E-state index >= 15 is 0 Å². The summed E-state index contributed by atoms with van der Waals surface area (Å²) in [6.45, 7) is 9.34. The number of nitrogens with zero attached hydrogens (tertiary/aromatic N) is 1. The Kier molecular flexibility index (Phi) is 8.66. The molecule has 0 bridgehead atoms. The molecule has 6 heteroatoms. The maximum Gasteiger partial charge on any atom is 0.191 e. The summed E-state index contributed by atoms with van der Waals surface area (Å²) in [6, 6.07) is 7.27. The zero-order valence-electron chi connectivity index (χ0n) is 15.1. The van der Waals surface area contributed by atoms with Crippen LogP contribution < -0.4 is 4.90 Å². The minimum atomic E-state index is -1.94. The zero-order chi connectivity index (χ0) is 18.2. The van der Waals surface area contributed by atoms with E-state index in [4.69, 9.17) is 9.47 Å². The first-order valence-electron chi connectivity index (χ1n) is 8.57. The van der Waals surface area contributed by atoms with Gasteiger partial charge in [-0.05, 0) is 45.4 Å². The molecule has 0 saturated carbocycles. The molecule has 0 aliphatic heterocycles. The summed E-state index contributed by atoms with van der Waals surface area (Å²) >= 11 is 0. The Morgan fingerprint density at radius 1 is 1.00 bits per heavy atom. The number of benzene rings is 1. The number of ether oxygens (including phenoxy) is 2. The number of hydrogen-bond donors (Lipinski definition) is 3. The molecule has 0 fully saturated rings. The highest BCUT2D eigenvalue weighted by atomic mass is 16.7. The molecule has 24 heavy (non-hydrogen) atoms. The molecule has 0 saturated heterocycles. The van der Waals surface area contributed by atoms with Crippen LogP contribution in [0.1, 0.15) is 39.4 Å². The number of aliphatic hydroxyl groups excluding tert-OH is 2. The van der Waals surface area contributed by atoms with Crippen LogP contribution in [0, 0.1) is 0 Å². The Hall–Kier alpha value is -1.18. The van der Waals surface area contributed by atoms with Crippen LogP contribution in [0.3, 0.4) is 0 Å². The minimum Gasteiger partial charge on any atom is -0.393 e. The molecule has 0 aromatic heterocycles. The Morgan fingerprint density at radius 3 is 1.88 bits per heavy atom. The van der Waals surface area contributed by atoms with Crippen molar-refractivity contribution in [2.45, 2.75) is 45.7 Å². The molecular weight excluding hydrogens is 310 g/mol. The quantitative estimate of drug-likeness (QED) is 0.531. The van der Waals surface area contributed by atoms with Gasteiger partial charge in [-0.3, -0.25) is 0 Å². The third-order valence-corrected chi connectivity index (χ3v) is 4.11. The van der Waals surface area contributed by atoms with Gasteiger partial charge >= 0.3 is 0 Å². The Bertz CT molecular complexity index is 457. The first-order chi connectivity index (χ1) is 11.5. The minimum absolute atomic E-state index is 0.292. The molecule has 3 N–H and O–H groups in total. The van der Waals surface area contributed by atoms with Gasteiger partial charge < -0.3 is 29.7 Å². The number of hydrogen-bond acceptors (Lipinski definition) is 6. The summed E-state index contributed by atoms with van der Waals surface area (Å²) in [7, 11) is 0. The summed E-state index contributed by atoms with van der Waals surface area (Å²) in [5.74, 6) is 0. The van der Waals surface area contributed by atoms with Gasteiger partial charge in [0, 0.05) is 32.0 Å². The first-order valence-corrected chi connectivity index (χ1v) is 8.57. The third-order valence-electron chi connectivity index (χ3n) is 4.11. The maximum absolute atomic E-state index is 10.8. The fraction of sp³-hybridized carbons (Fsp3) is 0.667. The lowest BCUT2D eigenvalue weighted by molar-refractivity contribution is -0.275. The van der Waals surface area contributed by atoms with Crippen molar-refractivity contribution >= 4 is 5.69 Å². The van der Waals surface area contributed by atoms with Gasteiger partial charge in [-0.2, -0.15) is 0 Å². The van der Waals surface area contributed by atoms with Crippen molar-refractivity contribution in [3.8, 4) is 0 Å². The number of aliphatic hydroxyl groups is 3. The van der Waals surface area contributed by atoms with Crippen LogP contribution in [0.2, 0.25) is 0 Å². The predicted octanol–water partition coefficient (Wildman–Crippen LogP) is 1.69. The fourth-order valence-corrected chi connectivity index (χ4v) is 2.67. The van der Waals surface area contributed by atoms with Crippen LogP contribution in [0.5, 0.6) is 0 Å². The van der Waals surface area contributed by atoms with E-state index in [-0.39, 0.29) is 0 Å². The van der Waals surface area contributed by atoms with Gasteiger partial charge in [0.05, 0.1) is 6.61 Å². The molecular formula is C18H31NO5.